The lowest BCUT2D eigenvalue weighted by Crippen LogP contribution is -2.45. The number of benzene rings is 1. The molecule has 0 bridgehead atoms. The molecular formula is C27H39N3O3. The largest absolute Gasteiger partial charge is 0.494 e. The van der Waals surface area contributed by atoms with Crippen LogP contribution >= 0.6 is 0 Å². The average Bonchev–Trinajstić information content (AvgIpc) is 3.05. The molecule has 2 heterocycles. The topological polar surface area (TPSA) is 53.1 Å². The second kappa shape index (κ2) is 10.7. The molecule has 0 spiro atoms. The second-order valence-corrected chi connectivity index (χ2v) is 9.81. The number of carbonyl (C=O) groups is 2. The molecule has 0 radical (unpaired) electrons. The highest BCUT2D eigenvalue weighted by Crippen LogP contribution is 2.37. The fraction of sp³-hybridized carbons (Fsp3) is 0.630. The summed E-state index contributed by atoms with van der Waals surface area (Å²) in [5, 5.41) is 0. The molecule has 1 aromatic carbocycles. The summed E-state index contributed by atoms with van der Waals surface area (Å²) in [7, 11) is 4.15. The van der Waals surface area contributed by atoms with Crippen LogP contribution in [0, 0.1) is 0 Å². The Balaban J connectivity index is 1.68. The molecule has 6 heteroatoms. The molecule has 0 unspecified atom stereocenters. The first-order valence-corrected chi connectivity index (χ1v) is 12.8. The van der Waals surface area contributed by atoms with E-state index < -0.39 is 0 Å². The summed E-state index contributed by atoms with van der Waals surface area (Å²) in [6, 6.07) is 7.92. The van der Waals surface area contributed by atoms with E-state index in [1.807, 2.05) is 38.2 Å². The maximum atomic E-state index is 13.9. The molecule has 3 aliphatic rings. The van der Waals surface area contributed by atoms with Gasteiger partial charge in [0.15, 0.2) is 0 Å². The predicted molar refractivity (Wildman–Crippen MR) is 131 cm³/mol. The van der Waals surface area contributed by atoms with Crippen molar-refractivity contribution in [3.63, 3.8) is 0 Å². The van der Waals surface area contributed by atoms with Gasteiger partial charge in [-0.25, -0.2) is 0 Å². The number of hydrogen-bond donors (Lipinski definition) is 0. The molecule has 2 amide bonds. The Morgan fingerprint density at radius 3 is 2.12 bits per heavy atom. The zero-order valence-corrected chi connectivity index (χ0v) is 20.5. The minimum Gasteiger partial charge on any atom is -0.494 e. The van der Waals surface area contributed by atoms with Gasteiger partial charge in [0.2, 0.25) is 0 Å². The minimum absolute atomic E-state index is 0.00591. The molecule has 33 heavy (non-hydrogen) atoms. The zero-order valence-electron chi connectivity index (χ0n) is 20.5. The molecule has 4 rings (SSSR count). The summed E-state index contributed by atoms with van der Waals surface area (Å²) in [5.74, 6) is 0.557. The van der Waals surface area contributed by atoms with Crippen LogP contribution < -0.4 is 4.74 Å². The number of rotatable bonds is 6. The normalized spacial score (nSPS) is 22.0. The number of likely N-dealkylation sites (N-methyl/N-ethyl adjacent to an activating group) is 1. The Labute approximate surface area is 198 Å². The van der Waals surface area contributed by atoms with Gasteiger partial charge < -0.3 is 14.5 Å². The van der Waals surface area contributed by atoms with Crippen molar-refractivity contribution in [1.82, 2.24) is 14.7 Å². The number of likely N-dealkylation sites (tertiary alicyclic amines) is 1. The molecule has 1 saturated carbocycles. The van der Waals surface area contributed by atoms with Crippen LogP contribution in [0.15, 0.2) is 30.0 Å². The summed E-state index contributed by atoms with van der Waals surface area (Å²) >= 11 is 0. The van der Waals surface area contributed by atoms with Gasteiger partial charge in [-0.1, -0.05) is 44.2 Å². The molecule has 1 aromatic rings. The summed E-state index contributed by atoms with van der Waals surface area (Å²) in [6.45, 7) is 4.57. The van der Waals surface area contributed by atoms with Crippen molar-refractivity contribution in [2.24, 2.45) is 0 Å². The maximum Gasteiger partial charge on any atom is 0.278 e. The van der Waals surface area contributed by atoms with Gasteiger partial charge in [0.05, 0.1) is 12.2 Å². The number of amides is 2. The van der Waals surface area contributed by atoms with E-state index in [9.17, 15) is 9.59 Å². The third kappa shape index (κ3) is 5.11. The molecule has 2 aliphatic heterocycles. The van der Waals surface area contributed by atoms with Crippen molar-refractivity contribution in [2.75, 3.05) is 33.8 Å². The highest BCUT2D eigenvalue weighted by atomic mass is 16.5. The second-order valence-electron chi connectivity index (χ2n) is 9.81. The smallest absolute Gasteiger partial charge is 0.278 e. The third-order valence-corrected chi connectivity index (χ3v) is 7.57. The fourth-order valence-corrected chi connectivity index (χ4v) is 5.60. The van der Waals surface area contributed by atoms with Crippen molar-refractivity contribution >= 4 is 17.4 Å². The molecule has 6 nitrogen and oxygen atoms in total. The van der Waals surface area contributed by atoms with Gasteiger partial charge in [0.25, 0.3) is 11.8 Å². The van der Waals surface area contributed by atoms with Gasteiger partial charge >= 0.3 is 0 Å². The standard InChI is InChI=1S/C27H39N3O3/c1-4-33-23-14-12-20(13-15-23)24-25(29(3)21-16-18-28(2)19-17-21)27(32)30(26(24)31)22-10-8-6-5-7-9-11-22/h12-15,21-22H,4-11,16-19H2,1-3H3. The van der Waals surface area contributed by atoms with Gasteiger partial charge in [0.1, 0.15) is 11.4 Å². The van der Waals surface area contributed by atoms with Crippen LogP contribution in [0.4, 0.5) is 0 Å². The van der Waals surface area contributed by atoms with Gasteiger partial charge in [-0.05, 0) is 70.4 Å². The molecule has 180 valence electrons. The Morgan fingerprint density at radius 1 is 0.909 bits per heavy atom. The Kier molecular flexibility index (Phi) is 7.74. The lowest BCUT2D eigenvalue weighted by Gasteiger charge is -2.37. The highest BCUT2D eigenvalue weighted by molar-refractivity contribution is 6.35. The lowest BCUT2D eigenvalue weighted by molar-refractivity contribution is -0.140. The predicted octanol–water partition coefficient (Wildman–Crippen LogP) is 4.30. The van der Waals surface area contributed by atoms with Gasteiger partial charge in [-0.2, -0.15) is 0 Å². The van der Waals surface area contributed by atoms with E-state index in [2.05, 4.69) is 16.8 Å². The highest BCUT2D eigenvalue weighted by Gasteiger charge is 2.45. The maximum absolute atomic E-state index is 13.9. The molecule has 0 atom stereocenters. The van der Waals surface area contributed by atoms with Gasteiger partial charge in [-0.3, -0.25) is 14.5 Å². The molecule has 2 fully saturated rings. The number of nitrogens with zero attached hydrogens (tertiary/aromatic N) is 3. The van der Waals surface area contributed by atoms with Gasteiger partial charge in [-0.15, -0.1) is 0 Å². The molecule has 0 aromatic heterocycles. The third-order valence-electron chi connectivity index (χ3n) is 7.57. The van der Waals surface area contributed by atoms with E-state index in [4.69, 9.17) is 4.74 Å². The van der Waals surface area contributed by atoms with Crippen LogP contribution in [-0.4, -0.2) is 72.4 Å². The van der Waals surface area contributed by atoms with Crippen LogP contribution in [0.5, 0.6) is 5.75 Å². The van der Waals surface area contributed by atoms with Crippen LogP contribution in [0.1, 0.15) is 70.3 Å². The van der Waals surface area contributed by atoms with Crippen molar-refractivity contribution in [2.45, 2.75) is 76.8 Å². The molecule has 0 N–H and O–H groups in total. The van der Waals surface area contributed by atoms with Crippen molar-refractivity contribution in [3.8, 4) is 5.75 Å². The van der Waals surface area contributed by atoms with E-state index in [-0.39, 0.29) is 23.9 Å². The average molecular weight is 454 g/mol. The van der Waals surface area contributed by atoms with Crippen LogP contribution in [0.2, 0.25) is 0 Å². The van der Waals surface area contributed by atoms with Crippen molar-refractivity contribution < 1.29 is 14.3 Å². The Morgan fingerprint density at radius 2 is 1.52 bits per heavy atom. The summed E-state index contributed by atoms with van der Waals surface area (Å²) in [4.78, 5) is 33.8. The van der Waals surface area contributed by atoms with Crippen LogP contribution in [0.25, 0.3) is 5.57 Å². The van der Waals surface area contributed by atoms with E-state index in [1.165, 1.54) is 19.3 Å². The Bertz CT molecular complexity index is 863. The SMILES string of the molecule is CCOc1ccc(C2=C(N(C)C3CCN(C)CC3)C(=O)N(C3CCCCCCC3)C2=O)cc1. The fourth-order valence-electron chi connectivity index (χ4n) is 5.60. The first-order valence-electron chi connectivity index (χ1n) is 12.8. The first kappa shape index (κ1) is 23.8. The molecule has 1 aliphatic carbocycles. The number of ether oxygens (including phenoxy) is 1. The number of imide groups is 1. The number of hydrogen-bond acceptors (Lipinski definition) is 5. The minimum atomic E-state index is -0.121. The van der Waals surface area contributed by atoms with Crippen molar-refractivity contribution in [3.05, 3.63) is 35.5 Å². The van der Waals surface area contributed by atoms with Crippen molar-refractivity contribution in [1.29, 1.82) is 0 Å². The quantitative estimate of drug-likeness (QED) is 0.601. The van der Waals surface area contributed by atoms with E-state index in [0.29, 0.717) is 17.9 Å². The molecular weight excluding hydrogens is 414 g/mol. The number of carbonyl (C=O) groups excluding carboxylic acids is 2. The van der Waals surface area contributed by atoms with E-state index >= 15 is 0 Å². The first-order chi connectivity index (χ1) is 16.0. The zero-order chi connectivity index (χ0) is 23.4. The number of piperidine rings is 1. The Hall–Kier alpha value is -2.34. The van der Waals surface area contributed by atoms with Gasteiger partial charge in [0, 0.05) is 19.1 Å². The van der Waals surface area contributed by atoms with E-state index in [1.54, 1.807) is 4.90 Å². The summed E-state index contributed by atoms with van der Waals surface area (Å²) in [6.07, 6.45) is 9.63. The van der Waals surface area contributed by atoms with E-state index in [0.717, 1.165) is 62.9 Å². The lowest BCUT2D eigenvalue weighted by atomic mass is 9.95. The summed E-state index contributed by atoms with van der Waals surface area (Å²) < 4.78 is 5.60. The monoisotopic (exact) mass is 453 g/mol. The summed E-state index contributed by atoms with van der Waals surface area (Å²) in [5.41, 5.74) is 1.95. The van der Waals surface area contributed by atoms with Crippen LogP contribution in [0.3, 0.4) is 0 Å². The molecule has 1 saturated heterocycles. The van der Waals surface area contributed by atoms with Crippen LogP contribution in [-0.2, 0) is 9.59 Å².